The maximum Gasteiger partial charge on any atom is 0.333 e. The maximum atomic E-state index is 11.7. The highest BCUT2D eigenvalue weighted by Gasteiger charge is 2.03. The van der Waals surface area contributed by atoms with E-state index in [0.717, 1.165) is 39.1 Å². The first kappa shape index (κ1) is 24.0. The number of carbonyl (C=O) groups excluding carboxylic acids is 3. The highest BCUT2D eigenvalue weighted by atomic mass is 16.7. The van der Waals surface area contributed by atoms with Crippen molar-refractivity contribution >= 4 is 34.6 Å². The van der Waals surface area contributed by atoms with Gasteiger partial charge in [-0.2, -0.15) is 0 Å². The zero-order chi connectivity index (χ0) is 24.3. The number of rotatable bonds is 8. The van der Waals surface area contributed by atoms with Crippen LogP contribution in [0.15, 0.2) is 92.0 Å². The third-order valence-electron chi connectivity index (χ3n) is 4.79. The van der Waals surface area contributed by atoms with Gasteiger partial charge >= 0.3 is 11.9 Å². The van der Waals surface area contributed by atoms with Gasteiger partial charge < -0.3 is 9.47 Å². The van der Waals surface area contributed by atoms with Gasteiger partial charge in [0.2, 0.25) is 6.79 Å². The molecular formula is C29H22O5. The predicted octanol–water partition coefficient (Wildman–Crippen LogP) is 5.25. The second kappa shape index (κ2) is 11.8. The van der Waals surface area contributed by atoms with E-state index in [1.165, 1.54) is 12.2 Å². The van der Waals surface area contributed by atoms with E-state index in [9.17, 15) is 14.4 Å². The van der Waals surface area contributed by atoms with E-state index in [1.54, 1.807) is 6.08 Å². The summed E-state index contributed by atoms with van der Waals surface area (Å²) < 4.78 is 9.39. The minimum Gasteiger partial charge on any atom is -0.425 e. The molecule has 0 heterocycles. The molecule has 0 saturated heterocycles. The second-order valence-electron chi connectivity index (χ2n) is 7.13. The summed E-state index contributed by atoms with van der Waals surface area (Å²) in [7, 11) is 0. The van der Waals surface area contributed by atoms with Gasteiger partial charge in [-0.1, -0.05) is 61.4 Å². The molecular weight excluding hydrogens is 428 g/mol. The molecule has 0 saturated carbocycles. The molecule has 0 aromatic heterocycles. The van der Waals surface area contributed by atoms with E-state index in [2.05, 4.69) is 35.8 Å². The first-order chi connectivity index (χ1) is 16.5. The number of allylic oxidation sites excluding steroid dienone is 1. The second-order valence-corrected chi connectivity index (χ2v) is 7.13. The van der Waals surface area contributed by atoms with Crippen molar-refractivity contribution in [3.05, 3.63) is 103 Å². The molecule has 0 fully saturated rings. The van der Waals surface area contributed by atoms with Crippen LogP contribution in [0.4, 0.5) is 0 Å². The maximum absolute atomic E-state index is 11.7. The summed E-state index contributed by atoms with van der Waals surface area (Å²) >= 11 is 0. The van der Waals surface area contributed by atoms with Crippen LogP contribution >= 0.6 is 0 Å². The lowest BCUT2D eigenvalue weighted by Crippen LogP contribution is -2.09. The molecule has 0 aliphatic carbocycles. The monoisotopic (exact) mass is 450 g/mol. The third-order valence-corrected chi connectivity index (χ3v) is 4.79. The highest BCUT2D eigenvalue weighted by Crippen LogP contribution is 2.26. The molecule has 0 aliphatic heterocycles. The quantitative estimate of drug-likeness (QED) is 0.203. The lowest BCUT2D eigenvalue weighted by molar-refractivity contribution is -0.160. The molecule has 34 heavy (non-hydrogen) atoms. The Labute approximate surface area is 198 Å². The SMILES string of the molecule is C=CC(=O)CC#Cc1ccc(-c2ccc3cc(/C=C/C(=O)OCOC(=O)C=C)ccc3c2)cc1. The molecule has 5 nitrogen and oxygen atoms in total. The van der Waals surface area contributed by atoms with Gasteiger partial charge in [0.05, 0.1) is 6.42 Å². The fraction of sp³-hybridized carbons (Fsp3) is 0.0690. The Kier molecular flexibility index (Phi) is 8.31. The fourth-order valence-corrected chi connectivity index (χ4v) is 3.02. The van der Waals surface area contributed by atoms with Gasteiger partial charge in [-0.05, 0) is 63.9 Å². The molecule has 0 spiro atoms. The van der Waals surface area contributed by atoms with Gasteiger partial charge in [0.25, 0.3) is 0 Å². The van der Waals surface area contributed by atoms with E-state index in [-0.39, 0.29) is 12.2 Å². The number of fused-ring (bicyclic) bond motifs is 1. The lowest BCUT2D eigenvalue weighted by atomic mass is 9.99. The van der Waals surface area contributed by atoms with Gasteiger partial charge in [-0.3, -0.25) is 4.79 Å². The molecule has 0 aliphatic rings. The van der Waals surface area contributed by atoms with E-state index in [0.29, 0.717) is 0 Å². The molecule has 0 atom stereocenters. The van der Waals surface area contributed by atoms with Gasteiger partial charge in [-0.15, -0.1) is 0 Å². The summed E-state index contributed by atoms with van der Waals surface area (Å²) in [5.74, 6) is 4.46. The molecule has 3 rings (SSSR count). The Morgan fingerprint density at radius 3 is 2.21 bits per heavy atom. The van der Waals surface area contributed by atoms with Crippen molar-refractivity contribution in [3.63, 3.8) is 0 Å². The molecule has 168 valence electrons. The van der Waals surface area contributed by atoms with Crippen LogP contribution in [0.2, 0.25) is 0 Å². The van der Waals surface area contributed by atoms with Crippen LogP contribution < -0.4 is 0 Å². The highest BCUT2D eigenvalue weighted by molar-refractivity contribution is 5.92. The summed E-state index contributed by atoms with van der Waals surface area (Å²) in [5, 5.41) is 2.08. The standard InChI is InChI=1S/C29H22O5/c1-3-27(30)7-5-6-21-8-12-23(13-9-21)25-16-15-24-18-22(10-14-26(24)19-25)11-17-29(32)34-20-33-28(31)4-2/h3-4,8-19H,1-2,7,20H2/b17-11+. The summed E-state index contributed by atoms with van der Waals surface area (Å²) in [6.45, 7) is 6.23. The molecule has 0 radical (unpaired) electrons. The number of benzene rings is 3. The van der Waals surface area contributed by atoms with Crippen molar-refractivity contribution in [2.45, 2.75) is 6.42 Å². The molecule has 0 bridgehead atoms. The molecule has 3 aromatic rings. The average Bonchev–Trinajstić information content (AvgIpc) is 2.87. The molecule has 0 amide bonds. The Morgan fingerprint density at radius 1 is 0.794 bits per heavy atom. The number of carbonyl (C=O) groups is 3. The van der Waals surface area contributed by atoms with Gasteiger partial charge in [-0.25, -0.2) is 9.59 Å². The third kappa shape index (κ3) is 6.91. The van der Waals surface area contributed by atoms with Crippen LogP contribution in [0.1, 0.15) is 17.5 Å². The van der Waals surface area contributed by atoms with Crippen LogP contribution in [0.5, 0.6) is 0 Å². The number of esters is 2. The summed E-state index contributed by atoms with van der Waals surface area (Å²) in [6.07, 6.45) is 5.34. The van der Waals surface area contributed by atoms with Crippen LogP contribution in [0.25, 0.3) is 28.0 Å². The molecule has 3 aromatic carbocycles. The van der Waals surface area contributed by atoms with Crippen molar-refractivity contribution in [1.29, 1.82) is 0 Å². The molecule has 0 unspecified atom stereocenters. The minimum absolute atomic E-state index is 0.0922. The zero-order valence-electron chi connectivity index (χ0n) is 18.5. The number of hydrogen-bond donors (Lipinski definition) is 0. The van der Waals surface area contributed by atoms with Crippen LogP contribution in [-0.4, -0.2) is 24.5 Å². The van der Waals surface area contributed by atoms with Crippen LogP contribution in [0.3, 0.4) is 0 Å². The van der Waals surface area contributed by atoms with E-state index >= 15 is 0 Å². The first-order valence-electron chi connectivity index (χ1n) is 10.4. The van der Waals surface area contributed by atoms with E-state index < -0.39 is 18.7 Å². The number of ketones is 1. The minimum atomic E-state index is -0.660. The Balaban J connectivity index is 1.66. The van der Waals surface area contributed by atoms with Gasteiger partial charge in [0.15, 0.2) is 5.78 Å². The molecule has 0 N–H and O–H groups in total. The lowest BCUT2D eigenvalue weighted by Gasteiger charge is -2.06. The van der Waals surface area contributed by atoms with Gasteiger partial charge in [0.1, 0.15) is 0 Å². The van der Waals surface area contributed by atoms with Crippen molar-refractivity contribution in [3.8, 4) is 23.0 Å². The fourth-order valence-electron chi connectivity index (χ4n) is 3.02. The van der Waals surface area contributed by atoms with Crippen molar-refractivity contribution < 1.29 is 23.9 Å². The first-order valence-corrected chi connectivity index (χ1v) is 10.4. The van der Waals surface area contributed by atoms with Crippen molar-refractivity contribution in [1.82, 2.24) is 0 Å². The Morgan fingerprint density at radius 2 is 1.47 bits per heavy atom. The molecule has 5 heteroatoms. The predicted molar refractivity (Wildman–Crippen MR) is 132 cm³/mol. The van der Waals surface area contributed by atoms with E-state index in [1.807, 2.05) is 54.6 Å². The summed E-state index contributed by atoms with van der Waals surface area (Å²) in [5.41, 5.74) is 3.79. The number of hydrogen-bond acceptors (Lipinski definition) is 5. The topological polar surface area (TPSA) is 69.7 Å². The normalized spacial score (nSPS) is 10.2. The van der Waals surface area contributed by atoms with Crippen LogP contribution in [0, 0.1) is 11.8 Å². The Bertz CT molecular complexity index is 1330. The van der Waals surface area contributed by atoms with E-state index in [4.69, 9.17) is 4.74 Å². The zero-order valence-corrected chi connectivity index (χ0v) is 18.5. The summed E-state index contributed by atoms with van der Waals surface area (Å²) in [4.78, 5) is 33.9. The summed E-state index contributed by atoms with van der Waals surface area (Å²) in [6, 6.07) is 19.8. The smallest absolute Gasteiger partial charge is 0.333 e. The van der Waals surface area contributed by atoms with Crippen LogP contribution in [-0.2, 0) is 23.9 Å². The van der Waals surface area contributed by atoms with Crippen molar-refractivity contribution in [2.75, 3.05) is 6.79 Å². The Hall–Kier alpha value is -4.69. The van der Waals surface area contributed by atoms with Gasteiger partial charge in [0, 0.05) is 17.7 Å². The average molecular weight is 450 g/mol. The largest absolute Gasteiger partial charge is 0.425 e. The number of ether oxygens (including phenoxy) is 2. The van der Waals surface area contributed by atoms with Crippen molar-refractivity contribution in [2.24, 2.45) is 0 Å².